The molecule has 0 spiro atoms. The lowest BCUT2D eigenvalue weighted by molar-refractivity contribution is 0.751. The molecular weight excluding hydrogens is 202 g/mol. The van der Waals surface area contributed by atoms with Crippen molar-refractivity contribution in [1.82, 2.24) is 14.6 Å². The van der Waals surface area contributed by atoms with Crippen LogP contribution >= 0.6 is 0 Å². The van der Waals surface area contributed by atoms with Gasteiger partial charge < -0.3 is 10.6 Å². The van der Waals surface area contributed by atoms with Gasteiger partial charge in [0.15, 0.2) is 5.82 Å². The summed E-state index contributed by atoms with van der Waals surface area (Å²) in [6, 6.07) is 2.33. The molecule has 5 nitrogen and oxygen atoms in total. The summed E-state index contributed by atoms with van der Waals surface area (Å²) in [7, 11) is 0. The molecule has 0 bridgehead atoms. The summed E-state index contributed by atoms with van der Waals surface area (Å²) in [6.07, 6.45) is 4.70. The van der Waals surface area contributed by atoms with Gasteiger partial charge in [-0.2, -0.15) is 5.10 Å². The normalized spacial score (nSPS) is 20.9. The zero-order valence-electron chi connectivity index (χ0n) is 9.30. The highest BCUT2D eigenvalue weighted by molar-refractivity contribution is 5.69. The molecule has 1 atom stereocenters. The highest BCUT2D eigenvalue weighted by Gasteiger charge is 2.22. The average Bonchev–Trinajstić information content (AvgIpc) is 2.82. The fourth-order valence-corrected chi connectivity index (χ4v) is 2.25. The van der Waals surface area contributed by atoms with Gasteiger partial charge in [-0.3, -0.25) is 0 Å². The molecule has 0 radical (unpaired) electrons. The van der Waals surface area contributed by atoms with Crippen molar-refractivity contribution in [3.05, 3.63) is 24.2 Å². The number of hydrogen-bond acceptors (Lipinski definition) is 4. The van der Waals surface area contributed by atoms with Crippen LogP contribution in [-0.2, 0) is 0 Å². The Bertz CT molecular complexity index is 518. The summed E-state index contributed by atoms with van der Waals surface area (Å²) in [4.78, 5) is 6.68. The molecular formula is C11H15N5. The summed E-state index contributed by atoms with van der Waals surface area (Å²) in [5.74, 6) is 0.996. The first-order valence-corrected chi connectivity index (χ1v) is 5.55. The highest BCUT2D eigenvalue weighted by atomic mass is 15.3. The molecule has 0 saturated carbocycles. The summed E-state index contributed by atoms with van der Waals surface area (Å²) in [5, 5.41) is 4.38. The van der Waals surface area contributed by atoms with Crippen molar-refractivity contribution in [3.8, 4) is 0 Å². The van der Waals surface area contributed by atoms with Crippen LogP contribution < -0.4 is 10.6 Å². The van der Waals surface area contributed by atoms with Crippen LogP contribution in [0, 0.1) is 6.92 Å². The number of rotatable bonds is 1. The van der Waals surface area contributed by atoms with Crippen LogP contribution in [0.15, 0.2) is 18.5 Å². The van der Waals surface area contributed by atoms with Crippen LogP contribution in [0.4, 0.5) is 5.82 Å². The van der Waals surface area contributed by atoms with Crippen LogP contribution in [-0.4, -0.2) is 33.7 Å². The molecule has 1 aliphatic heterocycles. The van der Waals surface area contributed by atoms with Crippen molar-refractivity contribution in [2.75, 3.05) is 18.0 Å². The fraction of sp³-hybridized carbons (Fsp3) is 0.455. The third kappa shape index (κ3) is 1.44. The van der Waals surface area contributed by atoms with Gasteiger partial charge in [0.1, 0.15) is 5.52 Å². The second-order valence-electron chi connectivity index (χ2n) is 4.36. The second kappa shape index (κ2) is 3.45. The number of nitrogens with two attached hydrogens (primary N) is 1. The van der Waals surface area contributed by atoms with Gasteiger partial charge in [-0.15, -0.1) is 0 Å². The van der Waals surface area contributed by atoms with Gasteiger partial charge in [-0.1, -0.05) is 0 Å². The predicted molar refractivity (Wildman–Crippen MR) is 62.5 cm³/mol. The Morgan fingerprint density at radius 1 is 1.50 bits per heavy atom. The predicted octanol–water partition coefficient (Wildman–Crippen LogP) is 0.575. The molecule has 2 N–H and O–H groups in total. The zero-order valence-corrected chi connectivity index (χ0v) is 9.30. The standard InChI is InChI=1S/C11H15N5/c1-8-6-10-11(13-3-5-16(10)14-8)15-4-2-9(12)7-15/h3,5-6,9H,2,4,7,12H2,1H3. The maximum atomic E-state index is 5.92. The Kier molecular flexibility index (Phi) is 2.07. The van der Waals surface area contributed by atoms with E-state index in [9.17, 15) is 0 Å². The van der Waals surface area contributed by atoms with Gasteiger partial charge in [0.05, 0.1) is 5.69 Å². The van der Waals surface area contributed by atoms with Crippen molar-refractivity contribution in [2.24, 2.45) is 5.73 Å². The SMILES string of the molecule is Cc1cc2c(N3CCC(N)C3)nccn2n1. The van der Waals surface area contributed by atoms with Crippen molar-refractivity contribution < 1.29 is 0 Å². The number of aryl methyl sites for hydroxylation is 1. The van der Waals surface area contributed by atoms with Gasteiger partial charge in [0.25, 0.3) is 0 Å². The number of fused-ring (bicyclic) bond motifs is 1. The summed E-state index contributed by atoms with van der Waals surface area (Å²) < 4.78 is 1.88. The summed E-state index contributed by atoms with van der Waals surface area (Å²) in [5.41, 5.74) is 8.00. The molecule has 84 valence electrons. The summed E-state index contributed by atoms with van der Waals surface area (Å²) >= 11 is 0. The molecule has 2 aromatic heterocycles. The molecule has 0 amide bonds. The smallest absolute Gasteiger partial charge is 0.154 e. The van der Waals surface area contributed by atoms with Gasteiger partial charge in [0.2, 0.25) is 0 Å². The molecule has 3 rings (SSSR count). The molecule has 1 fully saturated rings. The van der Waals surface area contributed by atoms with E-state index < -0.39 is 0 Å². The molecule has 16 heavy (non-hydrogen) atoms. The Hall–Kier alpha value is -1.62. The van der Waals surface area contributed by atoms with Crippen molar-refractivity contribution >= 4 is 11.3 Å². The molecule has 1 unspecified atom stereocenters. The average molecular weight is 217 g/mol. The lowest BCUT2D eigenvalue weighted by Gasteiger charge is -2.17. The zero-order chi connectivity index (χ0) is 11.1. The third-order valence-electron chi connectivity index (χ3n) is 3.02. The van der Waals surface area contributed by atoms with Crippen LogP contribution in [0.2, 0.25) is 0 Å². The van der Waals surface area contributed by atoms with E-state index >= 15 is 0 Å². The maximum absolute atomic E-state index is 5.92. The Balaban J connectivity index is 2.09. The molecule has 0 aliphatic carbocycles. The Labute approximate surface area is 93.9 Å². The van der Waals surface area contributed by atoms with E-state index in [4.69, 9.17) is 5.73 Å². The van der Waals surface area contributed by atoms with Gasteiger partial charge in [-0.25, -0.2) is 9.50 Å². The monoisotopic (exact) mass is 217 g/mol. The van der Waals surface area contributed by atoms with Crippen LogP contribution in [0.1, 0.15) is 12.1 Å². The first-order valence-electron chi connectivity index (χ1n) is 5.55. The van der Waals surface area contributed by atoms with E-state index in [1.807, 2.05) is 17.6 Å². The van der Waals surface area contributed by atoms with E-state index in [-0.39, 0.29) is 6.04 Å². The van der Waals surface area contributed by atoms with E-state index in [0.29, 0.717) is 0 Å². The Morgan fingerprint density at radius 3 is 3.12 bits per heavy atom. The first-order chi connectivity index (χ1) is 7.74. The summed E-state index contributed by atoms with van der Waals surface area (Å²) in [6.45, 7) is 3.86. The van der Waals surface area contributed by atoms with Crippen molar-refractivity contribution in [3.63, 3.8) is 0 Å². The lowest BCUT2D eigenvalue weighted by atomic mass is 10.3. The minimum absolute atomic E-state index is 0.270. The molecule has 0 aromatic carbocycles. The number of anilines is 1. The van der Waals surface area contributed by atoms with E-state index in [1.165, 1.54) is 0 Å². The molecule has 1 aliphatic rings. The Morgan fingerprint density at radius 2 is 2.38 bits per heavy atom. The third-order valence-corrected chi connectivity index (χ3v) is 3.02. The minimum Gasteiger partial charge on any atom is -0.353 e. The number of nitrogens with zero attached hydrogens (tertiary/aromatic N) is 4. The topological polar surface area (TPSA) is 59.5 Å². The number of hydrogen-bond donors (Lipinski definition) is 1. The molecule has 2 aromatic rings. The van der Waals surface area contributed by atoms with Crippen LogP contribution in [0.5, 0.6) is 0 Å². The van der Waals surface area contributed by atoms with Gasteiger partial charge >= 0.3 is 0 Å². The van der Waals surface area contributed by atoms with Crippen molar-refractivity contribution in [2.45, 2.75) is 19.4 Å². The highest BCUT2D eigenvalue weighted by Crippen LogP contribution is 2.22. The minimum atomic E-state index is 0.270. The van der Waals surface area contributed by atoms with Crippen LogP contribution in [0.25, 0.3) is 5.52 Å². The number of aromatic nitrogens is 3. The largest absolute Gasteiger partial charge is 0.353 e. The fourth-order valence-electron chi connectivity index (χ4n) is 2.25. The lowest BCUT2D eigenvalue weighted by Crippen LogP contribution is -2.27. The van der Waals surface area contributed by atoms with Gasteiger partial charge in [-0.05, 0) is 19.4 Å². The molecule has 3 heterocycles. The quantitative estimate of drug-likeness (QED) is 0.759. The first kappa shape index (κ1) is 9.59. The van der Waals surface area contributed by atoms with E-state index in [1.54, 1.807) is 6.20 Å². The van der Waals surface area contributed by atoms with E-state index in [2.05, 4.69) is 21.0 Å². The van der Waals surface area contributed by atoms with E-state index in [0.717, 1.165) is 36.5 Å². The molecule has 1 saturated heterocycles. The van der Waals surface area contributed by atoms with Gasteiger partial charge in [0, 0.05) is 31.5 Å². The molecule has 5 heteroatoms. The second-order valence-corrected chi connectivity index (χ2v) is 4.36. The maximum Gasteiger partial charge on any atom is 0.154 e. The van der Waals surface area contributed by atoms with Crippen molar-refractivity contribution in [1.29, 1.82) is 0 Å². The van der Waals surface area contributed by atoms with Crippen LogP contribution in [0.3, 0.4) is 0 Å².